The monoisotopic (exact) mass is 410 g/mol. The first-order chi connectivity index (χ1) is 12.9. The van der Waals surface area contributed by atoms with E-state index in [1.165, 1.54) is 0 Å². The predicted molar refractivity (Wildman–Crippen MR) is 113 cm³/mol. The van der Waals surface area contributed by atoms with Gasteiger partial charge in [-0.3, -0.25) is 4.79 Å². The van der Waals surface area contributed by atoms with Crippen LogP contribution in [0.5, 0.6) is 0 Å². The minimum absolute atomic E-state index is 0.0962. The van der Waals surface area contributed by atoms with Gasteiger partial charge in [0, 0.05) is 31.6 Å². The molecule has 1 fully saturated rings. The average Bonchev–Trinajstić information content (AvgIpc) is 3.00. The number of nitrogens with zero attached hydrogens (tertiary/aromatic N) is 3. The molecule has 0 radical (unpaired) electrons. The Bertz CT molecular complexity index is 810. The van der Waals surface area contributed by atoms with E-state index in [0.29, 0.717) is 10.0 Å². The number of benzene rings is 1. The van der Waals surface area contributed by atoms with Gasteiger partial charge in [-0.05, 0) is 45.2 Å². The quantitative estimate of drug-likeness (QED) is 0.677. The Balaban J connectivity index is 1.77. The average molecular weight is 411 g/mol. The Morgan fingerprint density at radius 2 is 1.93 bits per heavy atom. The van der Waals surface area contributed by atoms with Crippen LogP contribution >= 0.6 is 23.2 Å². The molecule has 0 spiro atoms. The number of piperidine rings is 1. The van der Waals surface area contributed by atoms with E-state index >= 15 is 0 Å². The molecule has 1 aromatic carbocycles. The van der Waals surface area contributed by atoms with Crippen molar-refractivity contribution in [1.29, 1.82) is 0 Å². The van der Waals surface area contributed by atoms with E-state index in [9.17, 15) is 4.79 Å². The van der Waals surface area contributed by atoms with Crippen molar-refractivity contribution in [1.82, 2.24) is 14.9 Å². The molecule has 3 rings (SSSR count). The second-order valence-corrected chi connectivity index (χ2v) is 8.35. The molecule has 1 aliphatic rings. The molecule has 0 saturated carbocycles. The van der Waals surface area contributed by atoms with Gasteiger partial charge in [0.2, 0.25) is 11.9 Å². The standard InChI is InChI=1S/C20H28Cl2N4O/c1-4-5-8-23-19(27)14-6-9-25(10-7-14)20-24-17-11-15(21)16(22)12-18(17)26(20)13(2)3/h11-14H,4-10H2,1-3H3,(H,23,27). The number of fused-ring (bicyclic) bond motifs is 1. The van der Waals surface area contributed by atoms with Gasteiger partial charge in [0.1, 0.15) is 0 Å². The summed E-state index contributed by atoms with van der Waals surface area (Å²) in [6, 6.07) is 3.97. The van der Waals surface area contributed by atoms with Crippen LogP contribution in [-0.4, -0.2) is 35.1 Å². The zero-order valence-corrected chi connectivity index (χ0v) is 17.8. The molecule has 0 bridgehead atoms. The van der Waals surface area contributed by atoms with Gasteiger partial charge in [-0.2, -0.15) is 0 Å². The topological polar surface area (TPSA) is 50.2 Å². The molecule has 0 atom stereocenters. The SMILES string of the molecule is CCCCNC(=O)C1CCN(c2nc3cc(Cl)c(Cl)cc3n2C(C)C)CC1. The molecule has 2 aromatic rings. The maximum absolute atomic E-state index is 12.3. The number of aromatic nitrogens is 2. The van der Waals surface area contributed by atoms with Crippen molar-refractivity contribution in [3.63, 3.8) is 0 Å². The molecular formula is C20H28Cl2N4O. The number of halogens is 2. The number of carbonyl (C=O) groups excluding carboxylic acids is 1. The second kappa shape index (κ2) is 8.70. The number of hydrogen-bond acceptors (Lipinski definition) is 3. The summed E-state index contributed by atoms with van der Waals surface area (Å²) in [4.78, 5) is 19.4. The highest BCUT2D eigenvalue weighted by molar-refractivity contribution is 6.42. The van der Waals surface area contributed by atoms with Crippen LogP contribution in [0.3, 0.4) is 0 Å². The first-order valence-corrected chi connectivity index (χ1v) is 10.6. The van der Waals surface area contributed by atoms with E-state index in [-0.39, 0.29) is 17.9 Å². The van der Waals surface area contributed by atoms with E-state index in [2.05, 4.69) is 35.6 Å². The van der Waals surface area contributed by atoms with Crippen molar-refractivity contribution in [3.8, 4) is 0 Å². The molecule has 2 heterocycles. The first kappa shape index (κ1) is 20.3. The fraction of sp³-hybridized carbons (Fsp3) is 0.600. The minimum Gasteiger partial charge on any atom is -0.356 e. The lowest BCUT2D eigenvalue weighted by Gasteiger charge is -2.33. The van der Waals surface area contributed by atoms with E-state index in [1.807, 2.05) is 12.1 Å². The zero-order valence-electron chi connectivity index (χ0n) is 16.3. The number of amides is 1. The summed E-state index contributed by atoms with van der Waals surface area (Å²) in [5, 5.41) is 4.13. The van der Waals surface area contributed by atoms with Gasteiger partial charge in [0.05, 0.1) is 21.1 Å². The smallest absolute Gasteiger partial charge is 0.223 e. The highest BCUT2D eigenvalue weighted by Gasteiger charge is 2.28. The third-order valence-electron chi connectivity index (χ3n) is 5.21. The van der Waals surface area contributed by atoms with Crippen LogP contribution in [0, 0.1) is 5.92 Å². The minimum atomic E-state index is 0.0962. The first-order valence-electron chi connectivity index (χ1n) is 9.82. The summed E-state index contributed by atoms with van der Waals surface area (Å²) < 4.78 is 2.21. The van der Waals surface area contributed by atoms with Crippen LogP contribution in [0.2, 0.25) is 10.0 Å². The lowest BCUT2D eigenvalue weighted by Crippen LogP contribution is -2.41. The Morgan fingerprint density at radius 3 is 2.56 bits per heavy atom. The summed E-state index contributed by atoms with van der Waals surface area (Å²) in [7, 11) is 0. The lowest BCUT2D eigenvalue weighted by atomic mass is 9.96. The van der Waals surface area contributed by atoms with Crippen LogP contribution in [0.1, 0.15) is 52.5 Å². The third-order valence-corrected chi connectivity index (χ3v) is 5.93. The molecule has 1 saturated heterocycles. The van der Waals surface area contributed by atoms with Crippen LogP contribution in [0.4, 0.5) is 5.95 Å². The van der Waals surface area contributed by atoms with Gasteiger partial charge in [-0.1, -0.05) is 36.5 Å². The molecule has 0 aliphatic carbocycles. The molecule has 0 unspecified atom stereocenters. The van der Waals surface area contributed by atoms with Crippen molar-refractivity contribution >= 4 is 46.1 Å². The highest BCUT2D eigenvalue weighted by Crippen LogP contribution is 2.34. The molecule has 27 heavy (non-hydrogen) atoms. The Kier molecular flexibility index (Phi) is 6.53. The Hall–Kier alpha value is -1.46. The van der Waals surface area contributed by atoms with E-state index in [4.69, 9.17) is 28.2 Å². The molecule has 148 valence electrons. The van der Waals surface area contributed by atoms with Crippen molar-refractivity contribution in [2.24, 2.45) is 5.92 Å². The van der Waals surface area contributed by atoms with Gasteiger partial charge in [0.25, 0.3) is 0 Å². The number of hydrogen-bond donors (Lipinski definition) is 1. The number of nitrogens with one attached hydrogen (secondary N) is 1. The van der Waals surface area contributed by atoms with E-state index in [1.54, 1.807) is 0 Å². The summed E-state index contributed by atoms with van der Waals surface area (Å²) in [5.41, 5.74) is 1.85. The maximum Gasteiger partial charge on any atom is 0.223 e. The van der Waals surface area contributed by atoms with E-state index in [0.717, 1.165) is 62.3 Å². The molecule has 1 aromatic heterocycles. The summed E-state index contributed by atoms with van der Waals surface area (Å²) >= 11 is 12.4. The second-order valence-electron chi connectivity index (χ2n) is 7.54. The Morgan fingerprint density at radius 1 is 1.26 bits per heavy atom. The predicted octanol–water partition coefficient (Wildman–Crippen LogP) is 5.06. The summed E-state index contributed by atoms with van der Waals surface area (Å²) in [5.74, 6) is 1.22. The van der Waals surface area contributed by atoms with Gasteiger partial charge >= 0.3 is 0 Å². The van der Waals surface area contributed by atoms with Crippen LogP contribution < -0.4 is 10.2 Å². The third kappa shape index (κ3) is 4.35. The van der Waals surface area contributed by atoms with Crippen molar-refractivity contribution < 1.29 is 4.79 Å². The van der Waals surface area contributed by atoms with Crippen LogP contribution in [0.15, 0.2) is 12.1 Å². The molecule has 1 amide bonds. The largest absolute Gasteiger partial charge is 0.356 e. The zero-order chi connectivity index (χ0) is 19.6. The number of rotatable bonds is 6. The maximum atomic E-state index is 12.3. The van der Waals surface area contributed by atoms with E-state index < -0.39 is 0 Å². The normalized spacial score (nSPS) is 15.7. The Labute approximate surface area is 171 Å². The van der Waals surface area contributed by atoms with Gasteiger partial charge in [-0.15, -0.1) is 0 Å². The fourth-order valence-corrected chi connectivity index (χ4v) is 4.00. The lowest BCUT2D eigenvalue weighted by molar-refractivity contribution is -0.125. The highest BCUT2D eigenvalue weighted by atomic mass is 35.5. The van der Waals surface area contributed by atoms with Gasteiger partial charge in [-0.25, -0.2) is 4.98 Å². The summed E-state index contributed by atoms with van der Waals surface area (Å²) in [6.07, 6.45) is 3.83. The number of carbonyl (C=O) groups is 1. The van der Waals surface area contributed by atoms with Gasteiger partial charge in [0.15, 0.2) is 0 Å². The van der Waals surface area contributed by atoms with Crippen molar-refractivity contribution in [2.45, 2.75) is 52.5 Å². The van der Waals surface area contributed by atoms with Crippen LogP contribution in [0.25, 0.3) is 11.0 Å². The van der Waals surface area contributed by atoms with Gasteiger partial charge < -0.3 is 14.8 Å². The number of imidazole rings is 1. The van der Waals surface area contributed by atoms with Crippen LogP contribution in [-0.2, 0) is 4.79 Å². The number of unbranched alkanes of at least 4 members (excludes halogenated alkanes) is 1. The van der Waals surface area contributed by atoms with Crippen molar-refractivity contribution in [2.75, 3.05) is 24.5 Å². The number of anilines is 1. The fourth-order valence-electron chi connectivity index (χ4n) is 3.68. The molecule has 1 N–H and O–H groups in total. The molecule has 5 nitrogen and oxygen atoms in total. The molecule has 1 aliphatic heterocycles. The molecular weight excluding hydrogens is 383 g/mol. The molecule has 7 heteroatoms. The van der Waals surface area contributed by atoms with Crippen molar-refractivity contribution in [3.05, 3.63) is 22.2 Å². The summed E-state index contributed by atoms with van der Waals surface area (Å²) in [6.45, 7) is 8.83.